The van der Waals surface area contributed by atoms with Crippen LogP contribution in [0.5, 0.6) is 0 Å². The van der Waals surface area contributed by atoms with Gasteiger partial charge in [0.1, 0.15) is 5.41 Å². The summed E-state index contributed by atoms with van der Waals surface area (Å²) in [6.07, 6.45) is 0. The second-order valence-corrected chi connectivity index (χ2v) is 7.60. The van der Waals surface area contributed by atoms with Crippen LogP contribution in [0, 0.1) is 11.3 Å². The second-order valence-electron chi connectivity index (χ2n) is 7.60. The first-order valence-corrected chi connectivity index (χ1v) is 9.75. The number of hydrogen-bond donors (Lipinski definition) is 0. The van der Waals surface area contributed by atoms with Gasteiger partial charge in [0.05, 0.1) is 17.3 Å². The van der Waals surface area contributed by atoms with Crippen LogP contribution in [0.15, 0.2) is 96.1 Å². The van der Waals surface area contributed by atoms with Gasteiger partial charge in [-0.15, -0.1) is 0 Å². The number of ketones is 1. The zero-order valence-electron chi connectivity index (χ0n) is 16.0. The molecule has 0 radical (unpaired) electrons. The van der Waals surface area contributed by atoms with Gasteiger partial charge in [-0.1, -0.05) is 78.9 Å². The Morgan fingerprint density at radius 3 is 2.03 bits per heavy atom. The lowest BCUT2D eigenvalue weighted by Crippen LogP contribution is -2.32. The highest BCUT2D eigenvalue weighted by Crippen LogP contribution is 2.69. The number of anilines is 1. The van der Waals surface area contributed by atoms with Crippen LogP contribution >= 0.6 is 0 Å². The molecule has 1 amide bonds. The summed E-state index contributed by atoms with van der Waals surface area (Å²) < 4.78 is 0. The number of carbonyl (C=O) groups excluding carboxylic acids is 2. The first-order chi connectivity index (χ1) is 14.2. The fourth-order valence-electron chi connectivity index (χ4n) is 4.71. The van der Waals surface area contributed by atoms with Crippen LogP contribution in [0.4, 0.5) is 5.69 Å². The number of hydrazone groups is 1. The van der Waals surface area contributed by atoms with Crippen LogP contribution in [0.3, 0.4) is 0 Å². The van der Waals surface area contributed by atoms with Crippen molar-refractivity contribution in [3.8, 4) is 0 Å². The molecule has 3 aromatic rings. The minimum Gasteiger partial charge on any atom is -0.294 e. The van der Waals surface area contributed by atoms with Gasteiger partial charge in [-0.3, -0.25) is 9.59 Å². The molecule has 4 heteroatoms. The molecule has 1 aliphatic heterocycles. The number of Topliss-reactive ketones (excluding diaryl/α,β-unsaturated/α-hetero) is 1. The van der Waals surface area contributed by atoms with Crippen LogP contribution in [0.2, 0.25) is 0 Å². The molecule has 0 N–H and O–H groups in total. The van der Waals surface area contributed by atoms with E-state index in [2.05, 4.69) is 5.10 Å². The molecule has 4 nitrogen and oxygen atoms in total. The third-order valence-electron chi connectivity index (χ3n) is 6.10. The van der Waals surface area contributed by atoms with Gasteiger partial charge < -0.3 is 0 Å². The maximum atomic E-state index is 13.7. The molecule has 0 aromatic heterocycles. The van der Waals surface area contributed by atoms with E-state index < -0.39 is 11.3 Å². The van der Waals surface area contributed by atoms with Gasteiger partial charge in [0, 0.05) is 11.5 Å². The van der Waals surface area contributed by atoms with E-state index in [4.69, 9.17) is 0 Å². The summed E-state index contributed by atoms with van der Waals surface area (Å²) in [4.78, 5) is 27.1. The zero-order valence-corrected chi connectivity index (χ0v) is 16.0. The molecule has 29 heavy (non-hydrogen) atoms. The number of rotatable bonds is 4. The van der Waals surface area contributed by atoms with E-state index in [0.29, 0.717) is 11.3 Å². The third kappa shape index (κ3) is 2.49. The van der Waals surface area contributed by atoms with Crippen molar-refractivity contribution in [2.24, 2.45) is 16.4 Å². The van der Waals surface area contributed by atoms with E-state index in [1.165, 1.54) is 5.01 Å². The largest absolute Gasteiger partial charge is 0.294 e. The molecule has 3 atom stereocenters. The van der Waals surface area contributed by atoms with E-state index in [9.17, 15) is 9.59 Å². The minimum absolute atomic E-state index is 0.00253. The van der Waals surface area contributed by atoms with Gasteiger partial charge in [0.15, 0.2) is 5.78 Å². The van der Waals surface area contributed by atoms with Crippen molar-refractivity contribution in [1.29, 1.82) is 0 Å². The quantitative estimate of drug-likeness (QED) is 0.617. The van der Waals surface area contributed by atoms with E-state index in [0.717, 1.165) is 11.3 Å². The Morgan fingerprint density at radius 1 is 0.862 bits per heavy atom. The third-order valence-corrected chi connectivity index (χ3v) is 6.10. The SMILES string of the molecule is CC1=NN(c2ccccc2)C(=O)[C@@]12[C@@H](C(=O)c1ccccc1)[C@@H]2c1ccccc1. The average Bonchev–Trinajstić information content (AvgIpc) is 3.42. The summed E-state index contributed by atoms with van der Waals surface area (Å²) in [5, 5.41) is 6.07. The van der Waals surface area contributed by atoms with E-state index >= 15 is 0 Å². The lowest BCUT2D eigenvalue weighted by Gasteiger charge is -2.15. The summed E-state index contributed by atoms with van der Waals surface area (Å²) in [5.74, 6) is -0.778. The Balaban J connectivity index is 1.60. The highest BCUT2D eigenvalue weighted by molar-refractivity contribution is 6.27. The first kappa shape index (κ1) is 17.6. The maximum Gasteiger partial charge on any atom is 0.260 e. The van der Waals surface area contributed by atoms with Gasteiger partial charge in [-0.2, -0.15) is 10.1 Å². The Labute approximate surface area is 169 Å². The van der Waals surface area contributed by atoms with Crippen LogP contribution < -0.4 is 5.01 Å². The number of benzene rings is 3. The molecule has 0 saturated heterocycles. The highest BCUT2D eigenvalue weighted by Gasteiger charge is 2.77. The monoisotopic (exact) mass is 380 g/mol. The minimum atomic E-state index is -0.913. The number of nitrogens with zero attached hydrogens (tertiary/aromatic N) is 2. The van der Waals surface area contributed by atoms with E-state index in [1.54, 1.807) is 0 Å². The van der Waals surface area contributed by atoms with Gasteiger partial charge in [-0.25, -0.2) is 0 Å². The van der Waals surface area contributed by atoms with Gasteiger partial charge >= 0.3 is 0 Å². The Kier molecular flexibility index (Phi) is 3.95. The maximum absolute atomic E-state index is 13.7. The van der Waals surface area contributed by atoms with Crippen molar-refractivity contribution in [1.82, 2.24) is 0 Å². The molecule has 142 valence electrons. The normalized spacial score (nSPS) is 25.2. The number of amides is 1. The van der Waals surface area contributed by atoms with Gasteiger partial charge in [-0.05, 0) is 24.6 Å². The van der Waals surface area contributed by atoms with E-state index in [-0.39, 0.29) is 17.6 Å². The van der Waals surface area contributed by atoms with Crippen molar-refractivity contribution < 1.29 is 9.59 Å². The van der Waals surface area contributed by atoms with Crippen LogP contribution in [0.25, 0.3) is 0 Å². The summed E-state index contributed by atoms with van der Waals surface area (Å²) in [7, 11) is 0. The number of para-hydroxylation sites is 1. The summed E-state index contributed by atoms with van der Waals surface area (Å²) in [6.45, 7) is 1.87. The number of carbonyl (C=O) groups is 2. The van der Waals surface area contributed by atoms with Crippen molar-refractivity contribution in [3.05, 3.63) is 102 Å². The molecule has 1 aliphatic carbocycles. The van der Waals surface area contributed by atoms with Crippen molar-refractivity contribution in [3.63, 3.8) is 0 Å². The molecule has 1 spiro atoms. The fraction of sp³-hybridized carbons (Fsp3) is 0.160. The number of hydrogen-bond acceptors (Lipinski definition) is 3. The van der Waals surface area contributed by atoms with Crippen LogP contribution in [-0.2, 0) is 4.79 Å². The standard InChI is InChI=1S/C25H20N2O2/c1-17-25(24(29)27(26-17)20-15-9-4-10-16-20)21(18-11-5-2-6-12-18)22(25)23(28)19-13-7-3-8-14-19/h2-16,21-22H,1H3/t21-,22+,25-/m0/s1. The fourth-order valence-corrected chi connectivity index (χ4v) is 4.71. The van der Waals surface area contributed by atoms with Crippen molar-refractivity contribution in [2.45, 2.75) is 12.8 Å². The molecular weight excluding hydrogens is 360 g/mol. The van der Waals surface area contributed by atoms with Crippen molar-refractivity contribution in [2.75, 3.05) is 5.01 Å². The van der Waals surface area contributed by atoms with Crippen molar-refractivity contribution >= 4 is 23.1 Å². The molecule has 1 saturated carbocycles. The summed E-state index contributed by atoms with van der Waals surface area (Å²) in [6, 6.07) is 28.5. The highest BCUT2D eigenvalue weighted by atomic mass is 16.2. The van der Waals surface area contributed by atoms with Crippen LogP contribution in [-0.4, -0.2) is 17.4 Å². The molecule has 1 heterocycles. The topological polar surface area (TPSA) is 49.7 Å². The second kappa shape index (κ2) is 6.52. The molecule has 1 fully saturated rings. The van der Waals surface area contributed by atoms with Crippen LogP contribution in [0.1, 0.15) is 28.8 Å². The Morgan fingerprint density at radius 2 is 1.41 bits per heavy atom. The molecule has 5 rings (SSSR count). The zero-order chi connectivity index (χ0) is 20.0. The predicted molar refractivity (Wildman–Crippen MR) is 113 cm³/mol. The molecule has 3 aromatic carbocycles. The Bertz CT molecular complexity index is 1110. The lowest BCUT2D eigenvalue weighted by atomic mass is 9.92. The lowest BCUT2D eigenvalue weighted by molar-refractivity contribution is -0.121. The molecule has 2 aliphatic rings. The van der Waals surface area contributed by atoms with E-state index in [1.807, 2.05) is 97.9 Å². The van der Waals surface area contributed by atoms with Gasteiger partial charge in [0.2, 0.25) is 0 Å². The molecule has 0 unspecified atom stereocenters. The summed E-state index contributed by atoms with van der Waals surface area (Å²) >= 11 is 0. The molecular formula is C25H20N2O2. The average molecular weight is 380 g/mol. The summed E-state index contributed by atoms with van der Waals surface area (Å²) in [5.41, 5.74) is 2.14. The Hall–Kier alpha value is -3.53. The molecule has 0 bridgehead atoms. The van der Waals surface area contributed by atoms with Gasteiger partial charge in [0.25, 0.3) is 5.91 Å². The predicted octanol–water partition coefficient (Wildman–Crippen LogP) is 4.69. The first-order valence-electron chi connectivity index (χ1n) is 9.75. The smallest absolute Gasteiger partial charge is 0.260 e.